The fourth-order valence-corrected chi connectivity index (χ4v) is 2.29. The van der Waals surface area contributed by atoms with Gasteiger partial charge >= 0.3 is 30.0 Å². The van der Waals surface area contributed by atoms with E-state index in [4.69, 9.17) is 0 Å². The second kappa shape index (κ2) is 6.08. The van der Waals surface area contributed by atoms with Crippen LogP contribution in [0.15, 0.2) is 12.2 Å². The van der Waals surface area contributed by atoms with Crippen LogP contribution in [0.5, 0.6) is 0 Å². The Morgan fingerprint density at radius 3 is 2.08 bits per heavy atom. The second-order valence-electron chi connectivity index (χ2n) is 5.59. The average molecular weight is 386 g/mol. The Hall–Kier alpha value is -1.43. The molecule has 12 heteroatoms. The van der Waals surface area contributed by atoms with Gasteiger partial charge in [0.05, 0.1) is 0 Å². The number of esters is 1. The third-order valence-electron chi connectivity index (χ3n) is 3.78. The second-order valence-corrected chi connectivity index (χ2v) is 5.59. The molecule has 1 heterocycles. The molecular formula is C13H14F8O4. The Balaban J connectivity index is 3.61. The molecule has 0 aliphatic carbocycles. The summed E-state index contributed by atoms with van der Waals surface area (Å²) in [5.41, 5.74) is -4.15. The number of hydrogen-bond acceptors (Lipinski definition) is 4. The molecule has 1 aliphatic rings. The molecule has 0 amide bonds. The maximum Gasteiger partial charge on any atom is 0.449 e. The molecule has 0 saturated carbocycles. The van der Waals surface area contributed by atoms with Crippen molar-refractivity contribution in [2.45, 2.75) is 62.5 Å². The molecule has 0 aromatic rings. The highest BCUT2D eigenvalue weighted by atomic mass is 19.4. The van der Waals surface area contributed by atoms with E-state index < -0.39 is 60.2 Å². The number of hydrogen-bond donors (Lipinski definition) is 1. The Bertz CT molecular complexity index is 555. The van der Waals surface area contributed by atoms with Gasteiger partial charge in [0.2, 0.25) is 0 Å². The van der Waals surface area contributed by atoms with Crippen molar-refractivity contribution < 1.29 is 54.5 Å². The van der Waals surface area contributed by atoms with Crippen molar-refractivity contribution >= 4 is 5.97 Å². The van der Waals surface area contributed by atoms with Crippen molar-refractivity contribution in [3.8, 4) is 0 Å². The van der Waals surface area contributed by atoms with Gasteiger partial charge in [-0.15, -0.1) is 0 Å². The maximum absolute atomic E-state index is 14.5. The van der Waals surface area contributed by atoms with Crippen LogP contribution in [0.2, 0.25) is 0 Å². The minimum absolute atomic E-state index is 0.533. The molecule has 0 radical (unpaired) electrons. The molecule has 4 nitrogen and oxygen atoms in total. The lowest BCUT2D eigenvalue weighted by Gasteiger charge is -2.52. The first-order chi connectivity index (χ1) is 11.0. The summed E-state index contributed by atoms with van der Waals surface area (Å²) < 4.78 is 114. The minimum atomic E-state index is -6.31. The van der Waals surface area contributed by atoms with E-state index in [1.807, 2.05) is 0 Å². The predicted octanol–water partition coefficient (Wildman–Crippen LogP) is 3.49. The summed E-state index contributed by atoms with van der Waals surface area (Å²) in [4.78, 5) is 11.5. The number of aliphatic hydroxyl groups is 1. The van der Waals surface area contributed by atoms with E-state index in [1.54, 1.807) is 0 Å². The SMILES string of the molecule is C=C(C)C(=O)OC1(CC)CC(C(F)(F)F)OC(O)(C(F)(F)F)C1(F)F. The minimum Gasteiger partial charge on any atom is -0.449 e. The zero-order chi connectivity index (χ0) is 20.1. The van der Waals surface area contributed by atoms with Gasteiger partial charge in [0.25, 0.3) is 0 Å². The van der Waals surface area contributed by atoms with Crippen LogP contribution in [0, 0.1) is 0 Å². The Kier molecular flexibility index (Phi) is 5.25. The fraction of sp³-hybridized carbons (Fsp3) is 0.769. The van der Waals surface area contributed by atoms with Crippen molar-refractivity contribution in [3.05, 3.63) is 12.2 Å². The molecule has 3 unspecified atom stereocenters. The van der Waals surface area contributed by atoms with Crippen molar-refractivity contribution in [3.63, 3.8) is 0 Å². The zero-order valence-electron chi connectivity index (χ0n) is 12.9. The summed E-state index contributed by atoms with van der Waals surface area (Å²) in [6.45, 7) is 4.77. The average Bonchev–Trinajstić information content (AvgIpc) is 2.41. The highest BCUT2D eigenvalue weighted by Gasteiger charge is 2.83. The molecule has 1 rings (SSSR count). The van der Waals surface area contributed by atoms with Crippen LogP contribution in [0.4, 0.5) is 35.1 Å². The summed E-state index contributed by atoms with van der Waals surface area (Å²) in [6, 6.07) is 0. The van der Waals surface area contributed by atoms with Crippen LogP contribution in [-0.4, -0.2) is 46.8 Å². The van der Waals surface area contributed by atoms with Gasteiger partial charge in [-0.1, -0.05) is 13.5 Å². The number of halogens is 8. The lowest BCUT2D eigenvalue weighted by Crippen LogP contribution is -2.76. The highest BCUT2D eigenvalue weighted by molar-refractivity contribution is 5.87. The highest BCUT2D eigenvalue weighted by Crippen LogP contribution is 2.58. The summed E-state index contributed by atoms with van der Waals surface area (Å²) in [6.07, 6.45) is -18.3. The smallest absolute Gasteiger partial charge is 0.449 e. The van der Waals surface area contributed by atoms with Gasteiger partial charge in [-0.25, -0.2) is 4.79 Å². The lowest BCUT2D eigenvalue weighted by atomic mass is 9.78. The van der Waals surface area contributed by atoms with E-state index in [2.05, 4.69) is 16.1 Å². The number of alkyl halides is 8. The van der Waals surface area contributed by atoms with Crippen LogP contribution in [-0.2, 0) is 14.3 Å². The van der Waals surface area contributed by atoms with Crippen LogP contribution in [0.3, 0.4) is 0 Å². The first-order valence-electron chi connectivity index (χ1n) is 6.75. The summed E-state index contributed by atoms with van der Waals surface area (Å²) in [5, 5.41) is 9.38. The van der Waals surface area contributed by atoms with Gasteiger partial charge in [0, 0.05) is 12.0 Å². The van der Waals surface area contributed by atoms with Gasteiger partial charge in [0.1, 0.15) is 0 Å². The molecule has 1 aliphatic heterocycles. The first-order valence-corrected chi connectivity index (χ1v) is 6.75. The van der Waals surface area contributed by atoms with Crippen molar-refractivity contribution in [2.24, 2.45) is 0 Å². The molecule has 0 spiro atoms. The van der Waals surface area contributed by atoms with E-state index >= 15 is 0 Å². The molecule has 25 heavy (non-hydrogen) atoms. The number of ether oxygens (including phenoxy) is 2. The molecule has 1 saturated heterocycles. The van der Waals surface area contributed by atoms with E-state index in [-0.39, 0.29) is 0 Å². The van der Waals surface area contributed by atoms with Gasteiger partial charge in [-0.05, 0) is 13.3 Å². The Labute approximate surface area is 136 Å². The number of carbonyl (C=O) groups is 1. The summed E-state index contributed by atoms with van der Waals surface area (Å²) in [5.74, 6) is -12.6. The Morgan fingerprint density at radius 2 is 1.76 bits per heavy atom. The topological polar surface area (TPSA) is 55.8 Å². The van der Waals surface area contributed by atoms with E-state index in [0.29, 0.717) is 0 Å². The van der Waals surface area contributed by atoms with Crippen molar-refractivity contribution in [1.29, 1.82) is 0 Å². The van der Waals surface area contributed by atoms with E-state index in [1.165, 1.54) is 0 Å². The molecule has 0 aromatic heterocycles. The Morgan fingerprint density at radius 1 is 1.28 bits per heavy atom. The molecular weight excluding hydrogens is 372 g/mol. The number of rotatable bonds is 3. The van der Waals surface area contributed by atoms with Crippen LogP contribution in [0.25, 0.3) is 0 Å². The predicted molar refractivity (Wildman–Crippen MR) is 65.4 cm³/mol. The van der Waals surface area contributed by atoms with Crippen LogP contribution >= 0.6 is 0 Å². The van der Waals surface area contributed by atoms with Gasteiger partial charge in [-0.3, -0.25) is 0 Å². The molecule has 3 atom stereocenters. The monoisotopic (exact) mass is 386 g/mol. The molecule has 0 bridgehead atoms. The largest absolute Gasteiger partial charge is 0.449 e. The summed E-state index contributed by atoms with van der Waals surface area (Å²) >= 11 is 0. The first kappa shape index (κ1) is 21.6. The summed E-state index contributed by atoms with van der Waals surface area (Å²) in [7, 11) is 0. The van der Waals surface area contributed by atoms with E-state index in [0.717, 1.165) is 13.8 Å². The molecule has 0 aromatic carbocycles. The van der Waals surface area contributed by atoms with Crippen molar-refractivity contribution in [1.82, 2.24) is 0 Å². The third kappa shape index (κ3) is 3.33. The van der Waals surface area contributed by atoms with Crippen molar-refractivity contribution in [2.75, 3.05) is 0 Å². The molecule has 146 valence electrons. The fourth-order valence-electron chi connectivity index (χ4n) is 2.29. The van der Waals surface area contributed by atoms with E-state index in [9.17, 15) is 45.0 Å². The van der Waals surface area contributed by atoms with Gasteiger partial charge in [-0.2, -0.15) is 35.1 Å². The third-order valence-corrected chi connectivity index (χ3v) is 3.78. The standard InChI is InChI=1S/C13H14F8O4/c1-4-9(25-8(22)6(2)3)5-7(10(14,15)16)24-12(23,11(9,17)18)13(19,20)21/h7,23H,2,4-5H2,1,3H3. The molecule has 1 N–H and O–H groups in total. The van der Waals surface area contributed by atoms with Gasteiger partial charge in [0.15, 0.2) is 11.7 Å². The zero-order valence-corrected chi connectivity index (χ0v) is 12.9. The lowest BCUT2D eigenvalue weighted by molar-refractivity contribution is -0.497. The van der Waals surface area contributed by atoms with Gasteiger partial charge < -0.3 is 14.6 Å². The van der Waals surface area contributed by atoms with Crippen LogP contribution < -0.4 is 0 Å². The maximum atomic E-state index is 14.5. The number of carbonyl (C=O) groups excluding carboxylic acids is 1. The molecule has 1 fully saturated rings. The quantitative estimate of drug-likeness (QED) is 0.458. The normalized spacial score (nSPS) is 33.0. The van der Waals surface area contributed by atoms with Crippen LogP contribution in [0.1, 0.15) is 26.7 Å².